The molecule has 362 valence electrons. The molecule has 0 fully saturated rings. The van der Waals surface area contributed by atoms with Crippen LogP contribution in [-0.4, -0.2) is 42.3 Å². The lowest BCUT2D eigenvalue weighted by atomic mass is 9.84. The Hall–Kier alpha value is -4.02. The molecule has 0 amide bonds. The van der Waals surface area contributed by atoms with Crippen molar-refractivity contribution in [1.82, 2.24) is 0 Å². The molecule has 0 heterocycles. The third-order valence-corrected chi connectivity index (χ3v) is 33.5. The van der Waals surface area contributed by atoms with Gasteiger partial charge in [-0.1, -0.05) is 170 Å². The van der Waals surface area contributed by atoms with Crippen molar-refractivity contribution in [3.63, 3.8) is 0 Å². The predicted molar refractivity (Wildman–Crippen MR) is 308 cm³/mol. The van der Waals surface area contributed by atoms with Gasteiger partial charge in [0.2, 0.25) is 0 Å². The van der Waals surface area contributed by atoms with E-state index >= 15 is 0 Å². The van der Waals surface area contributed by atoms with E-state index in [0.29, 0.717) is 5.92 Å². The highest BCUT2D eigenvalue weighted by Gasteiger charge is 2.58. The molecule has 1 unspecified atom stereocenters. The molecular formula is C60H78O4Si5. The molecule has 0 bridgehead atoms. The van der Waals surface area contributed by atoms with Gasteiger partial charge in [0.05, 0.1) is 0 Å². The molecule has 0 radical (unpaired) electrons. The molecule has 1 atom stereocenters. The van der Waals surface area contributed by atoms with E-state index < -0.39 is 42.3 Å². The van der Waals surface area contributed by atoms with Crippen molar-refractivity contribution in [1.29, 1.82) is 0 Å². The summed E-state index contributed by atoms with van der Waals surface area (Å²) in [5.74, 6) is 0.538. The standard InChI is InChI=1S/C60H78O4Si5/c1-65(2,45-21-37-53-33-17-29-49-25-9-13-41-57(49)53)61-69(62-66(3,4)46-22-38-54-34-18-30-50-26-10-14-42-58(50)54,63-67(5,6)47-23-39-55-35-19-31-51-27-11-15-43-59(51)55)64-68(7,8)48-24-40-56-36-20-32-52-28-12-16-44-60(52)56/h9-20,25-35,41-44,56H,21-24,36-40,45-48H2,1-8H3. The monoisotopic (exact) mass is 1000 g/mol. The quantitative estimate of drug-likeness (QED) is 0.0565. The zero-order valence-corrected chi connectivity index (χ0v) is 48.0. The summed E-state index contributed by atoms with van der Waals surface area (Å²) < 4.78 is 31.4. The first kappa shape index (κ1) is 51.3. The summed E-state index contributed by atoms with van der Waals surface area (Å²) >= 11 is 0. The summed E-state index contributed by atoms with van der Waals surface area (Å²) in [7, 11) is -13.5. The molecule has 8 rings (SSSR count). The Morgan fingerprint density at radius 2 is 0.739 bits per heavy atom. The number of aryl methyl sites for hydroxylation is 3. The molecule has 69 heavy (non-hydrogen) atoms. The molecule has 0 aromatic heterocycles. The highest BCUT2D eigenvalue weighted by molar-refractivity contribution is 6.92. The maximum atomic E-state index is 7.86. The normalized spacial score (nSPS) is 14.8. The van der Waals surface area contributed by atoms with Crippen LogP contribution in [0.15, 0.2) is 158 Å². The Balaban J connectivity index is 1.06. The van der Waals surface area contributed by atoms with Crippen LogP contribution >= 0.6 is 0 Å². The van der Waals surface area contributed by atoms with Crippen LogP contribution in [0.1, 0.15) is 72.3 Å². The van der Waals surface area contributed by atoms with E-state index in [1.54, 1.807) is 0 Å². The van der Waals surface area contributed by atoms with Gasteiger partial charge in [0.1, 0.15) is 0 Å². The lowest BCUT2D eigenvalue weighted by molar-refractivity contribution is 0.144. The SMILES string of the molecule is C[Si](C)(CCCc1cccc2ccccc12)O[Si](O[Si](C)(C)CCCc1cccc2ccccc12)(O[Si](C)(C)CCCc1cccc2ccccc12)O[Si](C)(C)CCCC1CC=Cc2ccccc21. The third-order valence-electron chi connectivity index (χ3n) is 14.4. The molecule has 0 saturated carbocycles. The summed E-state index contributed by atoms with van der Waals surface area (Å²) in [5.41, 5.74) is 7.09. The van der Waals surface area contributed by atoms with Crippen LogP contribution in [0.4, 0.5) is 0 Å². The van der Waals surface area contributed by atoms with E-state index in [1.165, 1.54) is 60.1 Å². The van der Waals surface area contributed by atoms with Crippen molar-refractivity contribution in [3.05, 3.63) is 186 Å². The average Bonchev–Trinajstić information content (AvgIpc) is 3.31. The number of allylic oxidation sites excluding steroid dienone is 1. The molecule has 0 spiro atoms. The summed E-state index contributed by atoms with van der Waals surface area (Å²) in [6.07, 6.45) is 14.2. The molecular weight excluding hydrogens is 925 g/mol. The molecule has 0 N–H and O–H groups in total. The van der Waals surface area contributed by atoms with Crippen molar-refractivity contribution in [2.75, 3.05) is 0 Å². The van der Waals surface area contributed by atoms with Crippen LogP contribution in [0.5, 0.6) is 0 Å². The molecule has 7 aromatic rings. The van der Waals surface area contributed by atoms with E-state index in [9.17, 15) is 0 Å². The predicted octanol–water partition coefficient (Wildman–Crippen LogP) is 17.6. The Morgan fingerprint density at radius 1 is 0.391 bits per heavy atom. The molecule has 4 nitrogen and oxygen atoms in total. The van der Waals surface area contributed by atoms with Gasteiger partial charge in [0.25, 0.3) is 0 Å². The smallest absolute Gasteiger partial charge is 0.396 e. The number of hydrogen-bond donors (Lipinski definition) is 0. The minimum Gasteiger partial charge on any atom is -0.396 e. The largest absolute Gasteiger partial charge is 0.636 e. The van der Waals surface area contributed by atoms with E-state index in [0.717, 1.165) is 82.0 Å². The van der Waals surface area contributed by atoms with Gasteiger partial charge in [-0.15, -0.1) is 0 Å². The molecule has 0 aliphatic heterocycles. The third kappa shape index (κ3) is 14.1. The Kier molecular flexibility index (Phi) is 16.8. The van der Waals surface area contributed by atoms with Crippen LogP contribution < -0.4 is 0 Å². The van der Waals surface area contributed by atoms with Crippen molar-refractivity contribution < 1.29 is 16.5 Å². The Bertz CT molecular complexity index is 2580. The van der Waals surface area contributed by atoms with Gasteiger partial charge in [-0.2, -0.15) is 0 Å². The van der Waals surface area contributed by atoms with Gasteiger partial charge >= 0.3 is 9.05 Å². The lowest BCUT2D eigenvalue weighted by Crippen LogP contribution is -2.66. The molecule has 1 aliphatic carbocycles. The van der Waals surface area contributed by atoms with E-state index in [-0.39, 0.29) is 0 Å². The van der Waals surface area contributed by atoms with Crippen LogP contribution in [0.2, 0.25) is 76.6 Å². The van der Waals surface area contributed by atoms with Crippen molar-refractivity contribution in [3.8, 4) is 0 Å². The molecule has 0 saturated heterocycles. The topological polar surface area (TPSA) is 36.9 Å². The molecule has 9 heteroatoms. The van der Waals surface area contributed by atoms with Crippen molar-refractivity contribution in [2.45, 2.75) is 140 Å². The highest BCUT2D eigenvalue weighted by Crippen LogP contribution is 2.38. The van der Waals surface area contributed by atoms with Gasteiger partial charge in [-0.25, -0.2) is 0 Å². The van der Waals surface area contributed by atoms with Crippen LogP contribution in [0.3, 0.4) is 0 Å². The van der Waals surface area contributed by atoms with Crippen molar-refractivity contribution >= 4 is 80.7 Å². The fraction of sp³-hybridized carbons (Fsp3) is 0.367. The second kappa shape index (κ2) is 22.6. The van der Waals surface area contributed by atoms with Gasteiger partial charge in [-0.05, 0) is 194 Å². The lowest BCUT2D eigenvalue weighted by Gasteiger charge is -2.46. The maximum absolute atomic E-state index is 7.86. The first-order valence-electron chi connectivity index (χ1n) is 26.0. The van der Waals surface area contributed by atoms with Crippen LogP contribution in [0, 0.1) is 0 Å². The first-order chi connectivity index (χ1) is 33.1. The highest BCUT2D eigenvalue weighted by atomic mass is 28.5. The summed E-state index contributed by atoms with van der Waals surface area (Å²) in [4.78, 5) is 0. The van der Waals surface area contributed by atoms with Gasteiger partial charge < -0.3 is 16.5 Å². The fourth-order valence-corrected chi connectivity index (χ4v) is 30.7. The summed E-state index contributed by atoms with van der Waals surface area (Å²) in [6, 6.07) is 59.6. The minimum atomic E-state index is -3.77. The Morgan fingerprint density at radius 3 is 1.16 bits per heavy atom. The molecule has 7 aromatic carbocycles. The van der Waals surface area contributed by atoms with Gasteiger partial charge in [-0.3, -0.25) is 0 Å². The molecule has 1 aliphatic rings. The van der Waals surface area contributed by atoms with Gasteiger partial charge in [0.15, 0.2) is 33.3 Å². The second-order valence-corrected chi connectivity index (χ2v) is 42.6. The van der Waals surface area contributed by atoms with E-state index in [1.807, 2.05) is 0 Å². The Labute approximate surface area is 420 Å². The number of rotatable bonds is 24. The number of benzene rings is 7. The first-order valence-corrected chi connectivity index (χ1v) is 40.1. The zero-order valence-electron chi connectivity index (χ0n) is 43.0. The van der Waals surface area contributed by atoms with Gasteiger partial charge in [0, 0.05) is 0 Å². The number of fused-ring (bicyclic) bond motifs is 4. The van der Waals surface area contributed by atoms with Crippen molar-refractivity contribution in [2.24, 2.45) is 0 Å². The summed E-state index contributed by atoms with van der Waals surface area (Å²) in [6.45, 7) is 19.3. The van der Waals surface area contributed by atoms with Crippen LogP contribution in [0.25, 0.3) is 38.4 Å². The maximum Gasteiger partial charge on any atom is 0.636 e. The zero-order chi connectivity index (χ0) is 48.5. The van der Waals surface area contributed by atoms with Crippen LogP contribution in [-0.2, 0) is 35.7 Å². The average molecular weight is 1000 g/mol. The second-order valence-electron chi connectivity index (χ2n) is 22.3. The number of hydrogen-bond acceptors (Lipinski definition) is 4. The fourth-order valence-electron chi connectivity index (χ4n) is 10.9. The van der Waals surface area contributed by atoms with E-state index in [4.69, 9.17) is 16.5 Å². The summed E-state index contributed by atoms with van der Waals surface area (Å²) in [5, 5.41) is 7.98. The minimum absolute atomic E-state index is 0.538. The van der Waals surface area contributed by atoms with E-state index in [2.05, 4.69) is 216 Å².